The average Bonchev–Trinajstić information content (AvgIpc) is 2.86. The van der Waals surface area contributed by atoms with Gasteiger partial charge in [0.2, 0.25) is 5.91 Å². The van der Waals surface area contributed by atoms with Crippen LogP contribution in [0.5, 0.6) is 0 Å². The predicted octanol–water partition coefficient (Wildman–Crippen LogP) is 1.92. The largest absolute Gasteiger partial charge is 0.355 e. The Morgan fingerprint density at radius 1 is 1.48 bits per heavy atom. The van der Waals surface area contributed by atoms with Gasteiger partial charge in [-0.1, -0.05) is 6.92 Å². The highest BCUT2D eigenvalue weighted by Crippen LogP contribution is 2.23. The van der Waals surface area contributed by atoms with Crippen molar-refractivity contribution in [3.63, 3.8) is 0 Å². The molecule has 0 aromatic carbocycles. The molecular formula is C14H25Cl2N3OS. The van der Waals surface area contributed by atoms with E-state index in [4.69, 9.17) is 0 Å². The molecular weight excluding hydrogens is 329 g/mol. The summed E-state index contributed by atoms with van der Waals surface area (Å²) in [4.78, 5) is 15.7. The molecule has 7 heteroatoms. The van der Waals surface area contributed by atoms with Crippen LogP contribution in [0.15, 0.2) is 11.4 Å². The zero-order chi connectivity index (χ0) is 13.7. The standard InChI is InChI=1S/C14H23N3OS.2ClH/c1-11(9-15-2)14(18)16-5-7-17-6-3-13-12(10-17)4-8-19-13;;/h4,8,11,15H,3,5-7,9-10H2,1-2H3,(H,16,18);2*1H. The smallest absolute Gasteiger partial charge is 0.224 e. The van der Waals surface area contributed by atoms with Crippen molar-refractivity contribution < 1.29 is 4.79 Å². The first kappa shape index (κ1) is 20.7. The number of fused-ring (bicyclic) bond motifs is 1. The van der Waals surface area contributed by atoms with E-state index in [0.717, 1.165) is 39.1 Å². The van der Waals surface area contributed by atoms with E-state index in [9.17, 15) is 4.79 Å². The number of rotatable bonds is 6. The van der Waals surface area contributed by atoms with Gasteiger partial charge in [-0.15, -0.1) is 36.2 Å². The second-order valence-corrected chi connectivity index (χ2v) is 6.15. The van der Waals surface area contributed by atoms with E-state index in [1.165, 1.54) is 10.4 Å². The highest BCUT2D eigenvalue weighted by Gasteiger charge is 2.17. The molecule has 0 radical (unpaired) electrons. The van der Waals surface area contributed by atoms with E-state index < -0.39 is 0 Å². The summed E-state index contributed by atoms with van der Waals surface area (Å²) in [6, 6.07) is 2.22. The van der Waals surface area contributed by atoms with Crippen molar-refractivity contribution in [3.8, 4) is 0 Å². The van der Waals surface area contributed by atoms with Crippen molar-refractivity contribution in [3.05, 3.63) is 21.9 Å². The van der Waals surface area contributed by atoms with Gasteiger partial charge in [0.05, 0.1) is 0 Å². The van der Waals surface area contributed by atoms with Gasteiger partial charge in [0, 0.05) is 43.5 Å². The molecule has 2 N–H and O–H groups in total. The maximum Gasteiger partial charge on any atom is 0.224 e. The lowest BCUT2D eigenvalue weighted by Crippen LogP contribution is -2.40. The van der Waals surface area contributed by atoms with Crippen LogP contribution < -0.4 is 10.6 Å². The van der Waals surface area contributed by atoms with Crippen molar-refractivity contribution in [2.24, 2.45) is 5.92 Å². The summed E-state index contributed by atoms with van der Waals surface area (Å²) in [5, 5.41) is 8.22. The number of carbonyl (C=O) groups excluding carboxylic acids is 1. The fourth-order valence-corrected chi connectivity index (χ4v) is 3.30. The molecule has 0 bridgehead atoms. The molecule has 0 saturated carbocycles. The van der Waals surface area contributed by atoms with Crippen molar-refractivity contribution >= 4 is 42.1 Å². The Morgan fingerprint density at radius 2 is 2.24 bits per heavy atom. The van der Waals surface area contributed by atoms with E-state index >= 15 is 0 Å². The Kier molecular flexibility index (Phi) is 10.2. The fourth-order valence-electron chi connectivity index (χ4n) is 2.41. The first-order chi connectivity index (χ1) is 9.20. The Hall–Kier alpha value is -0.330. The minimum atomic E-state index is 0. The molecule has 1 aromatic heterocycles. The molecule has 4 nitrogen and oxygen atoms in total. The first-order valence-electron chi connectivity index (χ1n) is 6.90. The van der Waals surface area contributed by atoms with Gasteiger partial charge >= 0.3 is 0 Å². The molecule has 1 aliphatic heterocycles. The SMILES string of the molecule is CNCC(C)C(=O)NCCN1CCc2sccc2C1.Cl.Cl. The van der Waals surface area contributed by atoms with Crippen LogP contribution in [-0.4, -0.2) is 44.0 Å². The number of nitrogens with zero attached hydrogens (tertiary/aromatic N) is 1. The summed E-state index contributed by atoms with van der Waals surface area (Å²) >= 11 is 1.86. The van der Waals surface area contributed by atoms with Crippen LogP contribution >= 0.6 is 36.2 Å². The number of halogens is 2. The van der Waals surface area contributed by atoms with E-state index in [1.54, 1.807) is 0 Å². The molecule has 1 atom stereocenters. The van der Waals surface area contributed by atoms with Crippen molar-refractivity contribution in [1.29, 1.82) is 0 Å². The third-order valence-electron chi connectivity index (χ3n) is 3.57. The summed E-state index contributed by atoms with van der Waals surface area (Å²) in [6.07, 6.45) is 1.15. The minimum Gasteiger partial charge on any atom is -0.355 e. The van der Waals surface area contributed by atoms with Crippen molar-refractivity contribution in [2.45, 2.75) is 19.9 Å². The van der Waals surface area contributed by atoms with Crippen molar-refractivity contribution in [1.82, 2.24) is 15.5 Å². The van der Waals surface area contributed by atoms with Gasteiger partial charge in [0.15, 0.2) is 0 Å². The molecule has 1 aliphatic rings. The Bertz CT molecular complexity index is 428. The molecule has 2 rings (SSSR count). The Balaban J connectivity index is 0.00000200. The van der Waals surface area contributed by atoms with E-state index in [-0.39, 0.29) is 36.6 Å². The quantitative estimate of drug-likeness (QED) is 0.821. The molecule has 0 fully saturated rings. The molecule has 122 valence electrons. The molecule has 0 aliphatic carbocycles. The van der Waals surface area contributed by atoms with E-state index in [1.807, 2.05) is 25.3 Å². The van der Waals surface area contributed by atoms with E-state index in [0.29, 0.717) is 0 Å². The lowest BCUT2D eigenvalue weighted by molar-refractivity contribution is -0.124. The number of thiophene rings is 1. The van der Waals surface area contributed by atoms with Gasteiger partial charge < -0.3 is 10.6 Å². The normalized spacial score (nSPS) is 15.3. The van der Waals surface area contributed by atoms with Gasteiger partial charge in [0.25, 0.3) is 0 Å². The molecule has 21 heavy (non-hydrogen) atoms. The van der Waals surface area contributed by atoms with Gasteiger partial charge in [0.1, 0.15) is 0 Å². The molecule has 1 aromatic rings. The lowest BCUT2D eigenvalue weighted by atomic mass is 10.1. The monoisotopic (exact) mass is 353 g/mol. The second kappa shape index (κ2) is 10.4. The van der Waals surface area contributed by atoms with Gasteiger partial charge in [-0.05, 0) is 30.5 Å². The maximum atomic E-state index is 11.8. The number of hydrogen-bond acceptors (Lipinski definition) is 4. The second-order valence-electron chi connectivity index (χ2n) is 5.14. The third kappa shape index (κ3) is 6.12. The molecule has 1 amide bonds. The topological polar surface area (TPSA) is 44.4 Å². The minimum absolute atomic E-state index is 0. The molecule has 0 saturated heterocycles. The van der Waals surface area contributed by atoms with Gasteiger partial charge in [-0.2, -0.15) is 0 Å². The number of carbonyl (C=O) groups is 1. The average molecular weight is 354 g/mol. The predicted molar refractivity (Wildman–Crippen MR) is 93.9 cm³/mol. The lowest BCUT2D eigenvalue weighted by Gasteiger charge is -2.27. The zero-order valence-corrected chi connectivity index (χ0v) is 15.0. The van der Waals surface area contributed by atoms with Crippen LogP contribution in [-0.2, 0) is 17.8 Å². The van der Waals surface area contributed by atoms with Crippen LogP contribution in [0.4, 0.5) is 0 Å². The highest BCUT2D eigenvalue weighted by molar-refractivity contribution is 7.10. The van der Waals surface area contributed by atoms with Crippen LogP contribution in [0.2, 0.25) is 0 Å². The molecule has 0 spiro atoms. The van der Waals surface area contributed by atoms with Crippen LogP contribution in [0.1, 0.15) is 17.4 Å². The first-order valence-corrected chi connectivity index (χ1v) is 7.78. The van der Waals surface area contributed by atoms with Crippen LogP contribution in [0.3, 0.4) is 0 Å². The van der Waals surface area contributed by atoms with Gasteiger partial charge in [-0.3, -0.25) is 9.69 Å². The van der Waals surface area contributed by atoms with Gasteiger partial charge in [-0.25, -0.2) is 0 Å². The maximum absolute atomic E-state index is 11.8. The third-order valence-corrected chi connectivity index (χ3v) is 4.59. The fraction of sp³-hybridized carbons (Fsp3) is 0.643. The number of amides is 1. The molecule has 2 heterocycles. The summed E-state index contributed by atoms with van der Waals surface area (Å²) in [5.74, 6) is 0.178. The van der Waals surface area contributed by atoms with E-state index in [2.05, 4.69) is 27.0 Å². The Labute approximate surface area is 143 Å². The van der Waals surface area contributed by atoms with Crippen LogP contribution in [0, 0.1) is 5.92 Å². The summed E-state index contributed by atoms with van der Waals surface area (Å²) in [7, 11) is 1.87. The summed E-state index contributed by atoms with van der Waals surface area (Å²) in [5.41, 5.74) is 1.46. The zero-order valence-electron chi connectivity index (χ0n) is 12.6. The number of nitrogens with one attached hydrogen (secondary N) is 2. The highest BCUT2D eigenvalue weighted by atomic mass is 35.5. The van der Waals surface area contributed by atoms with Crippen molar-refractivity contribution in [2.75, 3.05) is 33.2 Å². The van der Waals surface area contributed by atoms with Crippen LogP contribution in [0.25, 0.3) is 0 Å². The Morgan fingerprint density at radius 3 is 2.95 bits per heavy atom. The summed E-state index contributed by atoms with van der Waals surface area (Å²) < 4.78 is 0. The summed E-state index contributed by atoms with van der Waals surface area (Å²) in [6.45, 7) is 6.49. The molecule has 1 unspecified atom stereocenters. The number of hydrogen-bond donors (Lipinski definition) is 2.